The van der Waals surface area contributed by atoms with E-state index in [-0.39, 0.29) is 5.91 Å². The van der Waals surface area contributed by atoms with Crippen molar-refractivity contribution in [3.8, 4) is 11.3 Å². The van der Waals surface area contributed by atoms with Gasteiger partial charge in [-0.3, -0.25) is 9.89 Å². The number of aromatic amines is 1. The largest absolute Gasteiger partial charge is 0.335 e. The Morgan fingerprint density at radius 2 is 2.05 bits per heavy atom. The van der Waals surface area contributed by atoms with Gasteiger partial charge in [0.05, 0.1) is 5.69 Å². The maximum absolute atomic E-state index is 12.6. The molecular weight excluding hydrogens is 262 g/mol. The minimum atomic E-state index is 0.0630. The molecule has 0 saturated carbocycles. The van der Waals surface area contributed by atoms with Crippen LogP contribution in [0.25, 0.3) is 11.3 Å². The van der Waals surface area contributed by atoms with Crippen LogP contribution in [0, 0.1) is 6.92 Å². The summed E-state index contributed by atoms with van der Waals surface area (Å²) in [6.45, 7) is 5.02. The first kappa shape index (κ1) is 13.9. The molecule has 1 aliphatic rings. The third-order valence-electron chi connectivity index (χ3n) is 4.22. The van der Waals surface area contributed by atoms with Crippen LogP contribution in [0.3, 0.4) is 0 Å². The number of hydrogen-bond acceptors (Lipinski definition) is 2. The van der Waals surface area contributed by atoms with Gasteiger partial charge in [0.2, 0.25) is 0 Å². The molecule has 2 heterocycles. The van der Waals surface area contributed by atoms with Gasteiger partial charge in [0.25, 0.3) is 5.91 Å². The number of benzene rings is 1. The van der Waals surface area contributed by atoms with E-state index in [9.17, 15) is 4.79 Å². The lowest BCUT2D eigenvalue weighted by Gasteiger charge is -2.32. The first-order valence-electron chi connectivity index (χ1n) is 7.58. The van der Waals surface area contributed by atoms with Crippen LogP contribution < -0.4 is 0 Å². The van der Waals surface area contributed by atoms with Crippen LogP contribution >= 0.6 is 0 Å². The molecule has 1 unspecified atom stereocenters. The number of H-pyrrole nitrogens is 1. The molecule has 1 aromatic carbocycles. The van der Waals surface area contributed by atoms with E-state index >= 15 is 0 Å². The number of piperidine rings is 1. The van der Waals surface area contributed by atoms with Crippen LogP contribution in [0.1, 0.15) is 42.2 Å². The van der Waals surface area contributed by atoms with Crippen LogP contribution in [-0.2, 0) is 0 Å². The molecule has 0 spiro atoms. The van der Waals surface area contributed by atoms with E-state index in [1.165, 1.54) is 12.0 Å². The zero-order valence-electron chi connectivity index (χ0n) is 12.6. The van der Waals surface area contributed by atoms with Gasteiger partial charge in [-0.05, 0) is 39.2 Å². The lowest BCUT2D eigenvalue weighted by Crippen LogP contribution is -2.42. The van der Waals surface area contributed by atoms with Gasteiger partial charge in [0.15, 0.2) is 0 Å². The van der Waals surface area contributed by atoms with E-state index in [2.05, 4.69) is 36.2 Å². The molecule has 4 heteroatoms. The van der Waals surface area contributed by atoms with Gasteiger partial charge < -0.3 is 4.90 Å². The Kier molecular flexibility index (Phi) is 3.78. The van der Waals surface area contributed by atoms with Crippen LogP contribution in [0.4, 0.5) is 0 Å². The fourth-order valence-corrected chi connectivity index (χ4v) is 2.86. The number of likely N-dealkylation sites (tertiary alicyclic amines) is 1. The molecule has 1 aromatic heterocycles. The van der Waals surface area contributed by atoms with Crippen molar-refractivity contribution in [2.75, 3.05) is 6.54 Å². The summed E-state index contributed by atoms with van der Waals surface area (Å²) in [4.78, 5) is 14.5. The zero-order chi connectivity index (χ0) is 14.8. The van der Waals surface area contributed by atoms with E-state index in [1.54, 1.807) is 0 Å². The Morgan fingerprint density at radius 1 is 1.29 bits per heavy atom. The number of aromatic nitrogens is 2. The summed E-state index contributed by atoms with van der Waals surface area (Å²) in [6.07, 6.45) is 3.39. The number of rotatable bonds is 2. The summed E-state index contributed by atoms with van der Waals surface area (Å²) in [5.74, 6) is 0.0630. The standard InChI is InChI=1S/C17H21N3O/c1-12-6-8-14(9-7-12)15-11-16(19-18-15)17(21)20-10-4-3-5-13(20)2/h6-9,11,13H,3-5,10H2,1-2H3,(H,18,19). The molecule has 1 atom stereocenters. The number of amides is 1. The SMILES string of the molecule is Cc1ccc(-c2cc(C(=O)N3CCCCC3C)[nH]n2)cc1. The highest BCUT2D eigenvalue weighted by Gasteiger charge is 2.25. The second-order valence-corrected chi connectivity index (χ2v) is 5.88. The van der Waals surface area contributed by atoms with Crippen molar-refractivity contribution in [2.24, 2.45) is 0 Å². The highest BCUT2D eigenvalue weighted by Crippen LogP contribution is 2.22. The minimum Gasteiger partial charge on any atom is -0.335 e. The number of hydrogen-bond donors (Lipinski definition) is 1. The summed E-state index contributed by atoms with van der Waals surface area (Å²) in [5, 5.41) is 7.18. The van der Waals surface area contributed by atoms with Crippen molar-refractivity contribution in [1.82, 2.24) is 15.1 Å². The van der Waals surface area contributed by atoms with E-state index in [4.69, 9.17) is 0 Å². The molecule has 2 aromatic rings. The predicted molar refractivity (Wildman–Crippen MR) is 83.1 cm³/mol. The van der Waals surface area contributed by atoms with Crippen molar-refractivity contribution in [3.63, 3.8) is 0 Å². The Balaban J connectivity index is 1.81. The van der Waals surface area contributed by atoms with E-state index in [1.807, 2.05) is 23.1 Å². The second-order valence-electron chi connectivity index (χ2n) is 5.88. The van der Waals surface area contributed by atoms with Gasteiger partial charge in [0, 0.05) is 18.2 Å². The van der Waals surface area contributed by atoms with E-state index in [0.29, 0.717) is 11.7 Å². The average Bonchev–Trinajstić information content (AvgIpc) is 2.98. The Labute approximate surface area is 125 Å². The molecule has 21 heavy (non-hydrogen) atoms. The molecule has 1 saturated heterocycles. The van der Waals surface area contributed by atoms with Crippen molar-refractivity contribution in [2.45, 2.75) is 39.2 Å². The predicted octanol–water partition coefficient (Wildman–Crippen LogP) is 3.40. The lowest BCUT2D eigenvalue weighted by atomic mass is 10.0. The Hall–Kier alpha value is -2.10. The molecule has 4 nitrogen and oxygen atoms in total. The molecule has 0 bridgehead atoms. The van der Waals surface area contributed by atoms with Crippen LogP contribution in [0.2, 0.25) is 0 Å². The van der Waals surface area contributed by atoms with Crippen molar-refractivity contribution in [1.29, 1.82) is 0 Å². The monoisotopic (exact) mass is 283 g/mol. The van der Waals surface area contributed by atoms with Gasteiger partial charge in [0.1, 0.15) is 5.69 Å². The smallest absolute Gasteiger partial charge is 0.272 e. The minimum absolute atomic E-state index is 0.0630. The molecule has 1 N–H and O–H groups in total. The number of carbonyl (C=O) groups excluding carboxylic acids is 1. The third-order valence-corrected chi connectivity index (χ3v) is 4.22. The maximum atomic E-state index is 12.6. The molecule has 1 fully saturated rings. The maximum Gasteiger partial charge on any atom is 0.272 e. The summed E-state index contributed by atoms with van der Waals surface area (Å²) in [6, 6.07) is 10.3. The molecule has 1 amide bonds. The number of carbonyl (C=O) groups is 1. The molecule has 3 rings (SSSR count). The first-order chi connectivity index (χ1) is 10.1. The highest BCUT2D eigenvalue weighted by molar-refractivity contribution is 5.93. The number of aryl methyl sites for hydroxylation is 1. The fourth-order valence-electron chi connectivity index (χ4n) is 2.86. The normalized spacial score (nSPS) is 18.8. The van der Waals surface area contributed by atoms with Crippen LogP contribution in [0.5, 0.6) is 0 Å². The average molecular weight is 283 g/mol. The van der Waals surface area contributed by atoms with Gasteiger partial charge in [-0.15, -0.1) is 0 Å². The summed E-state index contributed by atoms with van der Waals surface area (Å²) in [5.41, 5.74) is 3.65. The number of nitrogens with zero attached hydrogens (tertiary/aromatic N) is 2. The molecular formula is C17H21N3O. The van der Waals surface area contributed by atoms with Crippen molar-refractivity contribution < 1.29 is 4.79 Å². The van der Waals surface area contributed by atoms with Gasteiger partial charge >= 0.3 is 0 Å². The summed E-state index contributed by atoms with van der Waals surface area (Å²) >= 11 is 0. The second kappa shape index (κ2) is 5.72. The van der Waals surface area contributed by atoms with Crippen molar-refractivity contribution >= 4 is 5.91 Å². The van der Waals surface area contributed by atoms with Gasteiger partial charge in [-0.25, -0.2) is 0 Å². The molecule has 1 aliphatic heterocycles. The number of nitrogens with one attached hydrogen (secondary N) is 1. The summed E-state index contributed by atoms with van der Waals surface area (Å²) in [7, 11) is 0. The van der Waals surface area contributed by atoms with Crippen LogP contribution in [-0.4, -0.2) is 33.6 Å². The molecule has 0 radical (unpaired) electrons. The lowest BCUT2D eigenvalue weighted by molar-refractivity contribution is 0.0629. The first-order valence-corrected chi connectivity index (χ1v) is 7.58. The topological polar surface area (TPSA) is 49.0 Å². The fraction of sp³-hybridized carbons (Fsp3) is 0.412. The van der Waals surface area contributed by atoms with Crippen molar-refractivity contribution in [3.05, 3.63) is 41.6 Å². The summed E-state index contributed by atoms with van der Waals surface area (Å²) < 4.78 is 0. The van der Waals surface area contributed by atoms with Crippen LogP contribution in [0.15, 0.2) is 30.3 Å². The molecule has 0 aliphatic carbocycles. The quantitative estimate of drug-likeness (QED) is 0.918. The van der Waals surface area contributed by atoms with Gasteiger partial charge in [-0.1, -0.05) is 29.8 Å². The zero-order valence-corrected chi connectivity index (χ0v) is 12.6. The Bertz CT molecular complexity index is 630. The Morgan fingerprint density at radius 3 is 2.76 bits per heavy atom. The molecule has 110 valence electrons. The van der Waals surface area contributed by atoms with E-state index < -0.39 is 0 Å². The van der Waals surface area contributed by atoms with E-state index in [0.717, 1.165) is 30.6 Å². The third kappa shape index (κ3) is 2.84. The highest BCUT2D eigenvalue weighted by atomic mass is 16.2. The van der Waals surface area contributed by atoms with Gasteiger partial charge in [-0.2, -0.15) is 5.10 Å².